The third-order valence-electron chi connectivity index (χ3n) is 5.14. The Bertz CT molecular complexity index is 514. The fourth-order valence-corrected chi connectivity index (χ4v) is 3.60. The van der Waals surface area contributed by atoms with E-state index in [4.69, 9.17) is 5.73 Å². The van der Waals surface area contributed by atoms with Gasteiger partial charge in [0.2, 0.25) is 5.91 Å². The minimum absolute atomic E-state index is 0.0217. The Kier molecular flexibility index (Phi) is 5.16. The molecule has 1 aromatic heterocycles. The molecule has 2 aliphatic rings. The van der Waals surface area contributed by atoms with Crippen molar-refractivity contribution >= 4 is 11.7 Å². The van der Waals surface area contributed by atoms with Crippen LogP contribution in [-0.2, 0) is 11.3 Å². The molecule has 0 aromatic carbocycles. The zero-order chi connectivity index (χ0) is 16.1. The van der Waals surface area contributed by atoms with Gasteiger partial charge in [0, 0.05) is 25.8 Å². The van der Waals surface area contributed by atoms with Crippen molar-refractivity contribution in [2.24, 2.45) is 5.73 Å². The summed E-state index contributed by atoms with van der Waals surface area (Å²) in [6.07, 6.45) is 10.7. The average molecular weight is 316 g/mol. The summed E-state index contributed by atoms with van der Waals surface area (Å²) in [6.45, 7) is 2.70. The van der Waals surface area contributed by atoms with Crippen molar-refractivity contribution in [3.63, 3.8) is 0 Å². The summed E-state index contributed by atoms with van der Waals surface area (Å²) in [5.74, 6) is 1.03. The zero-order valence-electron chi connectivity index (χ0n) is 13.9. The van der Waals surface area contributed by atoms with Crippen molar-refractivity contribution in [1.29, 1.82) is 0 Å². The largest absolute Gasteiger partial charge is 0.357 e. The van der Waals surface area contributed by atoms with Crippen molar-refractivity contribution in [2.45, 2.75) is 63.5 Å². The van der Waals surface area contributed by atoms with Crippen molar-refractivity contribution in [1.82, 2.24) is 10.3 Å². The number of hydrogen-bond acceptors (Lipinski definition) is 4. The predicted octanol–water partition coefficient (Wildman–Crippen LogP) is 2.35. The second kappa shape index (κ2) is 7.30. The van der Waals surface area contributed by atoms with Crippen LogP contribution in [0.3, 0.4) is 0 Å². The molecule has 0 radical (unpaired) electrons. The number of rotatable bonds is 4. The number of pyridine rings is 1. The summed E-state index contributed by atoms with van der Waals surface area (Å²) in [5.41, 5.74) is 6.54. The molecule has 1 aliphatic heterocycles. The molecule has 126 valence electrons. The molecule has 0 unspecified atom stereocenters. The molecule has 0 spiro atoms. The number of aromatic nitrogens is 1. The molecule has 5 nitrogen and oxygen atoms in total. The van der Waals surface area contributed by atoms with Gasteiger partial charge < -0.3 is 16.0 Å². The summed E-state index contributed by atoms with van der Waals surface area (Å²) >= 11 is 0. The van der Waals surface area contributed by atoms with Gasteiger partial charge in [0.1, 0.15) is 5.82 Å². The standard InChI is InChI=1S/C18H28N4O/c19-18(9-3-4-10-18)17(23)21-14-15-7-8-16(20-13-15)22-11-5-1-2-6-12-22/h7-8,13H,1-6,9-12,14,19H2,(H,21,23). The second-order valence-electron chi connectivity index (χ2n) is 6.97. The van der Waals surface area contributed by atoms with Gasteiger partial charge in [-0.2, -0.15) is 0 Å². The van der Waals surface area contributed by atoms with E-state index in [0.717, 1.165) is 50.2 Å². The Hall–Kier alpha value is -1.62. The first kappa shape index (κ1) is 16.2. The van der Waals surface area contributed by atoms with E-state index in [1.54, 1.807) is 0 Å². The Morgan fingerprint density at radius 3 is 2.43 bits per heavy atom. The van der Waals surface area contributed by atoms with E-state index in [1.807, 2.05) is 6.20 Å². The molecule has 2 heterocycles. The molecule has 1 saturated heterocycles. The molecular formula is C18H28N4O. The molecule has 5 heteroatoms. The van der Waals surface area contributed by atoms with Crippen LogP contribution >= 0.6 is 0 Å². The van der Waals surface area contributed by atoms with Crippen LogP contribution in [0.1, 0.15) is 56.9 Å². The van der Waals surface area contributed by atoms with Gasteiger partial charge in [-0.05, 0) is 37.3 Å². The SMILES string of the molecule is NC1(C(=O)NCc2ccc(N3CCCCCC3)nc2)CCCC1. The highest BCUT2D eigenvalue weighted by Gasteiger charge is 2.36. The van der Waals surface area contributed by atoms with Crippen molar-refractivity contribution in [3.05, 3.63) is 23.9 Å². The van der Waals surface area contributed by atoms with E-state index in [1.165, 1.54) is 25.7 Å². The molecule has 1 aromatic rings. The maximum absolute atomic E-state index is 12.2. The highest BCUT2D eigenvalue weighted by molar-refractivity contribution is 5.86. The quantitative estimate of drug-likeness (QED) is 0.894. The lowest BCUT2D eigenvalue weighted by Crippen LogP contribution is -2.51. The van der Waals surface area contributed by atoms with Gasteiger partial charge in [0.15, 0.2) is 0 Å². The van der Waals surface area contributed by atoms with Crippen LogP contribution in [0, 0.1) is 0 Å². The van der Waals surface area contributed by atoms with Crippen molar-refractivity contribution in [2.75, 3.05) is 18.0 Å². The minimum Gasteiger partial charge on any atom is -0.357 e. The number of nitrogens with one attached hydrogen (secondary N) is 1. The van der Waals surface area contributed by atoms with Crippen LogP contribution < -0.4 is 16.0 Å². The van der Waals surface area contributed by atoms with Gasteiger partial charge in [0.25, 0.3) is 0 Å². The van der Waals surface area contributed by atoms with Crippen LogP contribution in [0.4, 0.5) is 5.82 Å². The third-order valence-corrected chi connectivity index (χ3v) is 5.14. The molecule has 1 saturated carbocycles. The molecule has 2 fully saturated rings. The summed E-state index contributed by atoms with van der Waals surface area (Å²) < 4.78 is 0. The van der Waals surface area contributed by atoms with Gasteiger partial charge in [-0.15, -0.1) is 0 Å². The lowest BCUT2D eigenvalue weighted by molar-refractivity contribution is -0.126. The zero-order valence-corrected chi connectivity index (χ0v) is 13.9. The predicted molar refractivity (Wildman–Crippen MR) is 92.2 cm³/mol. The summed E-state index contributed by atoms with van der Waals surface area (Å²) in [6, 6.07) is 4.13. The Morgan fingerprint density at radius 1 is 1.13 bits per heavy atom. The van der Waals surface area contributed by atoms with E-state index >= 15 is 0 Å². The topological polar surface area (TPSA) is 71.2 Å². The monoisotopic (exact) mass is 316 g/mol. The van der Waals surface area contributed by atoms with Crippen LogP contribution in [0.2, 0.25) is 0 Å². The molecule has 3 rings (SSSR count). The van der Waals surface area contributed by atoms with Crippen LogP contribution in [-0.4, -0.2) is 29.5 Å². The lowest BCUT2D eigenvalue weighted by atomic mass is 9.98. The van der Waals surface area contributed by atoms with Gasteiger partial charge in [-0.25, -0.2) is 4.98 Å². The number of carbonyl (C=O) groups excluding carboxylic acids is 1. The van der Waals surface area contributed by atoms with E-state index in [2.05, 4.69) is 27.3 Å². The highest BCUT2D eigenvalue weighted by atomic mass is 16.2. The van der Waals surface area contributed by atoms with Crippen LogP contribution in [0.5, 0.6) is 0 Å². The first-order valence-electron chi connectivity index (χ1n) is 8.94. The first-order valence-corrected chi connectivity index (χ1v) is 8.94. The number of hydrogen-bond donors (Lipinski definition) is 2. The smallest absolute Gasteiger partial charge is 0.240 e. The summed E-state index contributed by atoms with van der Waals surface area (Å²) in [7, 11) is 0. The number of amides is 1. The van der Waals surface area contributed by atoms with E-state index in [-0.39, 0.29) is 5.91 Å². The highest BCUT2D eigenvalue weighted by Crippen LogP contribution is 2.27. The summed E-state index contributed by atoms with van der Waals surface area (Å²) in [5, 5.41) is 2.97. The number of carbonyl (C=O) groups is 1. The molecule has 3 N–H and O–H groups in total. The minimum atomic E-state index is -0.653. The fraction of sp³-hybridized carbons (Fsp3) is 0.667. The van der Waals surface area contributed by atoms with Crippen molar-refractivity contribution < 1.29 is 4.79 Å². The maximum atomic E-state index is 12.2. The second-order valence-corrected chi connectivity index (χ2v) is 6.97. The third kappa shape index (κ3) is 4.02. The van der Waals surface area contributed by atoms with Crippen LogP contribution in [0.25, 0.3) is 0 Å². The van der Waals surface area contributed by atoms with Gasteiger partial charge in [-0.3, -0.25) is 4.79 Å². The van der Waals surface area contributed by atoms with E-state index in [9.17, 15) is 4.79 Å². The lowest BCUT2D eigenvalue weighted by Gasteiger charge is -2.23. The van der Waals surface area contributed by atoms with E-state index in [0.29, 0.717) is 6.54 Å². The molecule has 1 aliphatic carbocycles. The number of nitrogens with two attached hydrogens (primary N) is 1. The molecule has 0 bridgehead atoms. The van der Waals surface area contributed by atoms with Gasteiger partial charge in [0.05, 0.1) is 5.54 Å². The molecule has 0 atom stereocenters. The maximum Gasteiger partial charge on any atom is 0.240 e. The van der Waals surface area contributed by atoms with Crippen molar-refractivity contribution in [3.8, 4) is 0 Å². The Morgan fingerprint density at radius 2 is 1.83 bits per heavy atom. The average Bonchev–Trinajstić information content (AvgIpc) is 2.86. The van der Waals surface area contributed by atoms with E-state index < -0.39 is 5.54 Å². The Labute approximate surface area is 138 Å². The van der Waals surface area contributed by atoms with Gasteiger partial charge >= 0.3 is 0 Å². The molecule has 23 heavy (non-hydrogen) atoms. The molecule has 1 amide bonds. The van der Waals surface area contributed by atoms with Crippen LogP contribution in [0.15, 0.2) is 18.3 Å². The number of anilines is 1. The fourth-order valence-electron chi connectivity index (χ4n) is 3.60. The molecular weight excluding hydrogens is 288 g/mol. The number of nitrogens with zero attached hydrogens (tertiary/aromatic N) is 2. The van der Waals surface area contributed by atoms with Gasteiger partial charge in [-0.1, -0.05) is 31.7 Å². The Balaban J connectivity index is 1.54. The summed E-state index contributed by atoms with van der Waals surface area (Å²) in [4.78, 5) is 19.2. The normalized spacial score (nSPS) is 21.0. The first-order chi connectivity index (χ1) is 11.2.